The van der Waals surface area contributed by atoms with E-state index >= 15 is 0 Å². The molecule has 0 fully saturated rings. The fourth-order valence-electron chi connectivity index (χ4n) is 0.204. The molecule has 98 valence electrons. The number of hydrogen-bond acceptors (Lipinski definition) is 0. The molecule has 0 spiro atoms. The molecule has 0 bridgehead atoms. The summed E-state index contributed by atoms with van der Waals surface area (Å²) in [5, 5.41) is 0. The van der Waals surface area contributed by atoms with Gasteiger partial charge in [-0.2, -0.15) is 0 Å². The predicted octanol–water partition coefficient (Wildman–Crippen LogP) is 6.86. The predicted molar refractivity (Wildman–Crippen MR) is 79.7 cm³/mol. The van der Waals surface area contributed by atoms with Crippen molar-refractivity contribution in [2.45, 2.75) is 88.0 Å². The maximum Gasteiger partial charge on any atom is -0.0356 e. The van der Waals surface area contributed by atoms with E-state index in [4.69, 9.17) is 0 Å². The molecule has 15 heavy (non-hydrogen) atoms. The van der Waals surface area contributed by atoms with Crippen LogP contribution in [0.25, 0.3) is 0 Å². The summed E-state index contributed by atoms with van der Waals surface area (Å²) in [5.41, 5.74) is 0. The van der Waals surface area contributed by atoms with Gasteiger partial charge in [-0.25, -0.2) is 0 Å². The minimum absolute atomic E-state index is 1.15. The van der Waals surface area contributed by atoms with Gasteiger partial charge in [-0.1, -0.05) is 87.7 Å². The van der Waals surface area contributed by atoms with Crippen molar-refractivity contribution in [3.63, 3.8) is 0 Å². The van der Waals surface area contributed by atoms with Gasteiger partial charge in [-0.3, -0.25) is 0 Å². The highest BCUT2D eigenvalue weighted by molar-refractivity contribution is 4.63. The van der Waals surface area contributed by atoms with Crippen molar-refractivity contribution in [2.75, 3.05) is 0 Å². The van der Waals surface area contributed by atoms with Crippen LogP contribution >= 0.6 is 0 Å². The van der Waals surface area contributed by atoms with E-state index in [9.17, 15) is 0 Å². The fourth-order valence-corrected chi connectivity index (χ4v) is 0.204. The van der Waals surface area contributed by atoms with Gasteiger partial charge in [0.15, 0.2) is 0 Å². The zero-order chi connectivity index (χ0) is 13.5. The Morgan fingerprint density at radius 1 is 0.733 bits per heavy atom. The third-order valence-corrected chi connectivity index (χ3v) is 0.493. The lowest BCUT2D eigenvalue weighted by molar-refractivity contribution is 0.961. The first-order chi connectivity index (χ1) is 7.24. The Morgan fingerprint density at radius 2 is 0.933 bits per heavy atom. The topological polar surface area (TPSA) is 0 Å². The van der Waals surface area contributed by atoms with E-state index in [1.165, 1.54) is 19.3 Å². The summed E-state index contributed by atoms with van der Waals surface area (Å²) in [4.78, 5) is 0. The molecule has 0 heteroatoms. The summed E-state index contributed by atoms with van der Waals surface area (Å²) in [6.45, 7) is 22.2. The highest BCUT2D eigenvalue weighted by Gasteiger charge is 1.61. The van der Waals surface area contributed by atoms with Crippen LogP contribution in [0.3, 0.4) is 0 Å². The molecular formula is C15H38. The summed E-state index contributed by atoms with van der Waals surface area (Å²) >= 11 is 0. The maximum atomic E-state index is 3.55. The Labute approximate surface area is 101 Å². The van der Waals surface area contributed by atoms with Crippen LogP contribution in [0, 0.1) is 0 Å². The Bertz CT molecular complexity index is 35.3. The second kappa shape index (κ2) is 99.3. The minimum Gasteiger partial charge on any atom is -0.103 e. The number of unbranched alkanes of at least 4 members (excludes halogenated alkanes) is 1. The molecule has 0 saturated heterocycles. The monoisotopic (exact) mass is 218 g/mol. The average molecular weight is 218 g/mol. The van der Waals surface area contributed by atoms with Crippen LogP contribution in [0.4, 0.5) is 0 Å². The first kappa shape index (κ1) is 29.3. The van der Waals surface area contributed by atoms with Gasteiger partial charge in [0.05, 0.1) is 0 Å². The van der Waals surface area contributed by atoms with Crippen LogP contribution in [0.2, 0.25) is 0 Å². The molecule has 0 aromatic carbocycles. The van der Waals surface area contributed by atoms with Gasteiger partial charge in [0.1, 0.15) is 0 Å². The van der Waals surface area contributed by atoms with Gasteiger partial charge in [-0.05, 0) is 6.42 Å². The molecule has 0 atom stereocenters. The van der Waals surface area contributed by atoms with Crippen LogP contribution in [0.1, 0.15) is 88.0 Å². The van der Waals surface area contributed by atoms with E-state index in [1.54, 1.807) is 0 Å². The summed E-state index contributed by atoms with van der Waals surface area (Å²) in [5.74, 6) is 0. The average Bonchev–Trinajstić information content (AvgIpc) is 2.27. The molecule has 0 aliphatic heterocycles. The molecule has 0 aromatic rings. The first-order valence-corrected chi connectivity index (χ1v) is 6.85. The Morgan fingerprint density at radius 3 is 0.933 bits per heavy atom. The van der Waals surface area contributed by atoms with Gasteiger partial charge < -0.3 is 0 Å². The first-order valence-electron chi connectivity index (χ1n) is 6.85. The molecule has 0 radical (unpaired) electrons. The van der Waals surface area contributed by atoms with E-state index in [-0.39, 0.29) is 0 Å². The van der Waals surface area contributed by atoms with Crippen molar-refractivity contribution in [1.29, 1.82) is 0 Å². The van der Waals surface area contributed by atoms with E-state index < -0.39 is 0 Å². The lowest BCUT2D eigenvalue weighted by Gasteiger charge is -1.72. The van der Waals surface area contributed by atoms with Gasteiger partial charge in [0.2, 0.25) is 0 Å². The molecular weight excluding hydrogens is 180 g/mol. The zero-order valence-electron chi connectivity index (χ0n) is 13.1. The second-order valence-corrected chi connectivity index (χ2v) is 2.49. The lowest BCUT2D eigenvalue weighted by Crippen LogP contribution is -1.52. The summed E-state index contributed by atoms with van der Waals surface area (Å²) < 4.78 is 0. The van der Waals surface area contributed by atoms with Crippen LogP contribution < -0.4 is 0 Å². The minimum atomic E-state index is 1.15. The quantitative estimate of drug-likeness (QED) is 0.444. The SMILES string of the molecule is C=CCCC.CC.CC.CCC.CCC. The van der Waals surface area contributed by atoms with E-state index in [1.807, 2.05) is 33.8 Å². The summed E-state index contributed by atoms with van der Waals surface area (Å²) in [7, 11) is 0. The Kier molecular flexibility index (Phi) is 194. The van der Waals surface area contributed by atoms with E-state index in [2.05, 4.69) is 41.2 Å². The fraction of sp³-hybridized carbons (Fsp3) is 0.867. The van der Waals surface area contributed by atoms with Crippen molar-refractivity contribution in [3.05, 3.63) is 12.7 Å². The number of hydrogen-bond donors (Lipinski definition) is 0. The highest BCUT2D eigenvalue weighted by atomic mass is 13.7. The standard InChI is InChI=1S/C5H10.2C3H8.2C2H6/c1-3-5-4-2;2*1-3-2;2*1-2/h3H,1,4-5H2,2H3;2*3H2,1-2H3;2*1-2H3. The summed E-state index contributed by atoms with van der Waals surface area (Å²) in [6, 6.07) is 0. The van der Waals surface area contributed by atoms with Crippen LogP contribution in [0.5, 0.6) is 0 Å². The molecule has 0 unspecified atom stereocenters. The zero-order valence-corrected chi connectivity index (χ0v) is 13.1. The van der Waals surface area contributed by atoms with Crippen molar-refractivity contribution in [2.24, 2.45) is 0 Å². The normalized spacial score (nSPS) is 5.67. The van der Waals surface area contributed by atoms with Gasteiger partial charge in [0.25, 0.3) is 0 Å². The number of rotatable bonds is 2. The number of allylic oxidation sites excluding steroid dienone is 1. The highest BCUT2D eigenvalue weighted by Crippen LogP contribution is 1.82. The van der Waals surface area contributed by atoms with E-state index in [0.717, 1.165) is 6.42 Å². The second-order valence-electron chi connectivity index (χ2n) is 2.49. The molecule has 0 aliphatic rings. The summed E-state index contributed by atoms with van der Waals surface area (Å²) in [6.07, 6.45) is 6.81. The molecule has 0 aromatic heterocycles. The molecule has 0 saturated carbocycles. The Balaban J connectivity index is -0.0000000296. The van der Waals surface area contributed by atoms with Gasteiger partial charge in [0, 0.05) is 0 Å². The largest absolute Gasteiger partial charge is 0.103 e. The lowest BCUT2D eigenvalue weighted by atomic mass is 10.3. The molecule has 0 rings (SSSR count). The maximum absolute atomic E-state index is 3.55. The molecule has 0 nitrogen and oxygen atoms in total. The Hall–Kier alpha value is -0.260. The van der Waals surface area contributed by atoms with Crippen LogP contribution in [0.15, 0.2) is 12.7 Å². The van der Waals surface area contributed by atoms with Gasteiger partial charge >= 0.3 is 0 Å². The molecule has 0 aliphatic carbocycles. The molecule has 0 heterocycles. The third-order valence-electron chi connectivity index (χ3n) is 0.493. The van der Waals surface area contributed by atoms with Crippen molar-refractivity contribution in [1.82, 2.24) is 0 Å². The van der Waals surface area contributed by atoms with Crippen LogP contribution in [-0.4, -0.2) is 0 Å². The van der Waals surface area contributed by atoms with Crippen LogP contribution in [-0.2, 0) is 0 Å². The third kappa shape index (κ3) is 625. The van der Waals surface area contributed by atoms with Crippen molar-refractivity contribution >= 4 is 0 Å². The molecule has 0 N–H and O–H groups in total. The van der Waals surface area contributed by atoms with E-state index in [0.29, 0.717) is 0 Å². The van der Waals surface area contributed by atoms with Gasteiger partial charge in [-0.15, -0.1) is 6.58 Å². The smallest absolute Gasteiger partial charge is 0.0356 e. The molecule has 0 amide bonds. The van der Waals surface area contributed by atoms with Crippen molar-refractivity contribution < 1.29 is 0 Å². The van der Waals surface area contributed by atoms with Crippen molar-refractivity contribution in [3.8, 4) is 0 Å².